The van der Waals surface area contributed by atoms with Crippen LogP contribution in [-0.2, 0) is 6.42 Å². The van der Waals surface area contributed by atoms with E-state index in [1.807, 2.05) is 18.2 Å². The van der Waals surface area contributed by atoms with E-state index >= 15 is 0 Å². The molecule has 0 aromatic carbocycles. The van der Waals surface area contributed by atoms with Crippen molar-refractivity contribution in [2.75, 3.05) is 5.32 Å². The first-order chi connectivity index (χ1) is 8.65. The zero-order valence-electron chi connectivity index (χ0n) is 10.1. The van der Waals surface area contributed by atoms with Gasteiger partial charge in [-0.3, -0.25) is 0 Å². The molecule has 1 unspecified atom stereocenters. The van der Waals surface area contributed by atoms with Crippen LogP contribution in [0.5, 0.6) is 0 Å². The summed E-state index contributed by atoms with van der Waals surface area (Å²) in [6, 6.07) is 8.10. The second-order valence-electron chi connectivity index (χ2n) is 4.15. The molecule has 2 heterocycles. The Morgan fingerprint density at radius 2 is 2.33 bits per heavy atom. The molecular formula is C13H15N3S2. The van der Waals surface area contributed by atoms with Gasteiger partial charge in [0.25, 0.3) is 0 Å². The molecule has 1 atom stereocenters. The minimum atomic E-state index is 0.314. The summed E-state index contributed by atoms with van der Waals surface area (Å²) in [7, 11) is 0. The van der Waals surface area contributed by atoms with Crippen LogP contribution >= 0.6 is 23.6 Å². The first kappa shape index (κ1) is 13.0. The summed E-state index contributed by atoms with van der Waals surface area (Å²) >= 11 is 6.63. The lowest BCUT2D eigenvalue weighted by Gasteiger charge is -2.14. The maximum absolute atomic E-state index is 5.57. The van der Waals surface area contributed by atoms with Crippen molar-refractivity contribution in [2.24, 2.45) is 5.73 Å². The van der Waals surface area contributed by atoms with E-state index in [1.165, 1.54) is 5.56 Å². The average Bonchev–Trinajstić information content (AvgIpc) is 2.82. The molecule has 0 saturated carbocycles. The van der Waals surface area contributed by atoms with Gasteiger partial charge < -0.3 is 11.1 Å². The Hall–Kier alpha value is -1.46. The summed E-state index contributed by atoms with van der Waals surface area (Å²) in [5.41, 5.74) is 7.55. The van der Waals surface area contributed by atoms with E-state index in [0.717, 1.165) is 12.2 Å². The first-order valence-electron chi connectivity index (χ1n) is 5.69. The molecule has 0 saturated heterocycles. The smallest absolute Gasteiger partial charge is 0.126 e. The Labute approximate surface area is 116 Å². The van der Waals surface area contributed by atoms with Crippen LogP contribution in [0.2, 0.25) is 0 Å². The second-order valence-corrected chi connectivity index (χ2v) is 5.37. The van der Waals surface area contributed by atoms with E-state index < -0.39 is 0 Å². The normalized spacial score (nSPS) is 12.1. The Balaban J connectivity index is 2.00. The molecule has 0 aliphatic heterocycles. The van der Waals surface area contributed by atoms with Gasteiger partial charge in [0.05, 0.1) is 5.69 Å². The molecule has 0 aliphatic rings. The lowest BCUT2D eigenvalue weighted by Crippen LogP contribution is -2.20. The van der Waals surface area contributed by atoms with Crippen molar-refractivity contribution in [3.05, 3.63) is 46.3 Å². The van der Waals surface area contributed by atoms with E-state index in [2.05, 4.69) is 34.1 Å². The van der Waals surface area contributed by atoms with E-state index in [0.29, 0.717) is 16.7 Å². The highest BCUT2D eigenvalue weighted by Gasteiger charge is 2.06. The van der Waals surface area contributed by atoms with Crippen molar-refractivity contribution in [3.8, 4) is 0 Å². The zero-order chi connectivity index (χ0) is 13.0. The SMILES string of the molecule is CC(Cc1ccsc1)Nc1cccc(C(N)=S)n1. The molecule has 0 amide bonds. The molecule has 0 radical (unpaired) electrons. The van der Waals surface area contributed by atoms with Crippen LogP contribution in [0.15, 0.2) is 35.0 Å². The predicted molar refractivity (Wildman–Crippen MR) is 81.2 cm³/mol. The quantitative estimate of drug-likeness (QED) is 0.825. The third-order valence-corrected chi connectivity index (χ3v) is 3.46. The highest BCUT2D eigenvalue weighted by molar-refractivity contribution is 7.80. The topological polar surface area (TPSA) is 50.9 Å². The zero-order valence-corrected chi connectivity index (χ0v) is 11.7. The van der Waals surface area contributed by atoms with Crippen LogP contribution in [-0.4, -0.2) is 16.0 Å². The summed E-state index contributed by atoms with van der Waals surface area (Å²) < 4.78 is 0. The van der Waals surface area contributed by atoms with Gasteiger partial charge in [-0.2, -0.15) is 11.3 Å². The van der Waals surface area contributed by atoms with Crippen molar-refractivity contribution >= 4 is 34.4 Å². The fraction of sp³-hybridized carbons (Fsp3) is 0.231. The van der Waals surface area contributed by atoms with Crippen molar-refractivity contribution in [1.82, 2.24) is 4.98 Å². The molecule has 5 heteroatoms. The van der Waals surface area contributed by atoms with E-state index in [1.54, 1.807) is 11.3 Å². The molecular weight excluding hydrogens is 262 g/mol. The fourth-order valence-corrected chi connectivity index (χ4v) is 2.51. The Kier molecular flexibility index (Phi) is 4.28. The molecule has 0 bridgehead atoms. The fourth-order valence-electron chi connectivity index (χ4n) is 1.72. The Bertz CT molecular complexity index is 523. The number of nitrogens with one attached hydrogen (secondary N) is 1. The molecule has 3 nitrogen and oxygen atoms in total. The van der Waals surface area contributed by atoms with Gasteiger partial charge in [-0.05, 0) is 47.9 Å². The van der Waals surface area contributed by atoms with E-state index in [4.69, 9.17) is 18.0 Å². The van der Waals surface area contributed by atoms with Gasteiger partial charge >= 0.3 is 0 Å². The number of pyridine rings is 1. The van der Waals surface area contributed by atoms with Gasteiger partial charge in [0, 0.05) is 6.04 Å². The number of anilines is 1. The summed E-state index contributed by atoms with van der Waals surface area (Å²) in [5, 5.41) is 7.61. The monoisotopic (exact) mass is 277 g/mol. The number of aromatic nitrogens is 1. The van der Waals surface area contributed by atoms with Crippen LogP contribution in [0, 0.1) is 0 Å². The lowest BCUT2D eigenvalue weighted by molar-refractivity contribution is 0.787. The number of hydrogen-bond donors (Lipinski definition) is 2. The summed E-state index contributed by atoms with van der Waals surface area (Å²) in [5.74, 6) is 0.808. The number of hydrogen-bond acceptors (Lipinski definition) is 4. The molecule has 18 heavy (non-hydrogen) atoms. The van der Waals surface area contributed by atoms with Crippen molar-refractivity contribution < 1.29 is 0 Å². The molecule has 2 rings (SSSR count). The van der Waals surface area contributed by atoms with Crippen LogP contribution in [0.3, 0.4) is 0 Å². The van der Waals surface area contributed by atoms with Crippen LogP contribution in [0.1, 0.15) is 18.2 Å². The first-order valence-corrected chi connectivity index (χ1v) is 7.05. The van der Waals surface area contributed by atoms with Gasteiger partial charge in [-0.1, -0.05) is 18.3 Å². The van der Waals surface area contributed by atoms with Crippen LogP contribution < -0.4 is 11.1 Å². The van der Waals surface area contributed by atoms with Crippen molar-refractivity contribution in [2.45, 2.75) is 19.4 Å². The summed E-state index contributed by atoms with van der Waals surface area (Å²) in [6.07, 6.45) is 0.975. The Morgan fingerprint density at radius 3 is 3.00 bits per heavy atom. The minimum Gasteiger partial charge on any atom is -0.388 e. The predicted octanol–water partition coefficient (Wildman–Crippen LogP) is 2.82. The summed E-state index contributed by atoms with van der Waals surface area (Å²) in [6.45, 7) is 2.13. The molecule has 0 aliphatic carbocycles. The number of nitrogens with zero attached hydrogens (tertiary/aromatic N) is 1. The third kappa shape index (κ3) is 3.51. The van der Waals surface area contributed by atoms with Gasteiger partial charge in [-0.15, -0.1) is 0 Å². The lowest BCUT2D eigenvalue weighted by atomic mass is 10.1. The van der Waals surface area contributed by atoms with E-state index in [9.17, 15) is 0 Å². The van der Waals surface area contributed by atoms with Gasteiger partial charge in [0.1, 0.15) is 10.8 Å². The second kappa shape index (κ2) is 5.93. The minimum absolute atomic E-state index is 0.314. The third-order valence-electron chi connectivity index (χ3n) is 2.52. The largest absolute Gasteiger partial charge is 0.388 e. The molecule has 2 aromatic heterocycles. The van der Waals surface area contributed by atoms with Gasteiger partial charge in [0.15, 0.2) is 0 Å². The Morgan fingerprint density at radius 1 is 1.50 bits per heavy atom. The highest BCUT2D eigenvalue weighted by Crippen LogP contribution is 2.12. The highest BCUT2D eigenvalue weighted by atomic mass is 32.1. The maximum atomic E-state index is 5.57. The van der Waals surface area contributed by atoms with Crippen molar-refractivity contribution in [1.29, 1.82) is 0 Å². The molecule has 3 N–H and O–H groups in total. The van der Waals surface area contributed by atoms with Gasteiger partial charge in [-0.25, -0.2) is 4.98 Å². The van der Waals surface area contributed by atoms with Gasteiger partial charge in [0.2, 0.25) is 0 Å². The molecule has 0 spiro atoms. The number of thiophene rings is 1. The van der Waals surface area contributed by atoms with E-state index in [-0.39, 0.29) is 0 Å². The molecule has 94 valence electrons. The standard InChI is InChI=1S/C13H15N3S2/c1-9(7-10-5-6-18-8-10)15-12-4-2-3-11(16-12)13(14)17/h2-6,8-9H,7H2,1H3,(H2,14,17)(H,15,16). The van der Waals surface area contributed by atoms with Crippen molar-refractivity contribution in [3.63, 3.8) is 0 Å². The number of nitrogens with two attached hydrogens (primary N) is 1. The average molecular weight is 277 g/mol. The summed E-state index contributed by atoms with van der Waals surface area (Å²) in [4.78, 5) is 4.69. The van der Waals surface area contributed by atoms with Crippen LogP contribution in [0.4, 0.5) is 5.82 Å². The molecule has 2 aromatic rings. The number of thiocarbonyl (C=S) groups is 1. The maximum Gasteiger partial charge on any atom is 0.126 e. The number of rotatable bonds is 5. The van der Waals surface area contributed by atoms with Crippen LogP contribution in [0.25, 0.3) is 0 Å². The molecule has 0 fully saturated rings.